The first-order chi connectivity index (χ1) is 27.0. The van der Waals surface area contributed by atoms with Crippen molar-refractivity contribution in [2.45, 2.75) is 135 Å². The highest BCUT2D eigenvalue weighted by Gasteiger charge is 2.26. The highest BCUT2D eigenvalue weighted by molar-refractivity contribution is 7.47. The van der Waals surface area contributed by atoms with Crippen molar-refractivity contribution in [1.29, 1.82) is 0 Å². The predicted molar refractivity (Wildman–Crippen MR) is 223 cm³/mol. The Kier molecular flexibility index (Phi) is 35.3. The van der Waals surface area contributed by atoms with E-state index in [0.717, 1.165) is 38.5 Å². The molecular formula is C43H70NO11P. The minimum Gasteiger partial charge on any atom is -0.462 e. The SMILES string of the molecule is CC/C=C\C[C@H](O)/C=C/C=C/C=C\C=C/[C@@H](O)[C@H](O)CCCC(=O)O[C@H](COC(=O)CCCC/C=C\C/C=C\C/C=C\CCCCC)COP(=O)(O)OCCN. The Hall–Kier alpha value is -3.19. The van der Waals surface area contributed by atoms with Crippen LogP contribution in [-0.4, -0.2) is 82.9 Å². The first-order valence-corrected chi connectivity index (χ1v) is 21.5. The lowest BCUT2D eigenvalue weighted by Crippen LogP contribution is -2.30. The Morgan fingerprint density at radius 3 is 1.95 bits per heavy atom. The van der Waals surface area contributed by atoms with Gasteiger partial charge in [-0.1, -0.05) is 124 Å². The van der Waals surface area contributed by atoms with Gasteiger partial charge in [-0.05, 0) is 70.6 Å². The van der Waals surface area contributed by atoms with Crippen LogP contribution in [0.25, 0.3) is 0 Å². The van der Waals surface area contributed by atoms with E-state index < -0.39 is 57.4 Å². The summed E-state index contributed by atoms with van der Waals surface area (Å²) in [4.78, 5) is 34.8. The largest absolute Gasteiger partial charge is 0.472 e. The number of hydrogen-bond acceptors (Lipinski definition) is 11. The van der Waals surface area contributed by atoms with E-state index >= 15 is 0 Å². The molecule has 0 radical (unpaired) electrons. The first-order valence-electron chi connectivity index (χ1n) is 20.0. The second-order valence-corrected chi connectivity index (χ2v) is 14.4. The summed E-state index contributed by atoms with van der Waals surface area (Å²) >= 11 is 0. The summed E-state index contributed by atoms with van der Waals surface area (Å²) in [5.41, 5.74) is 5.31. The molecule has 1 unspecified atom stereocenters. The second-order valence-electron chi connectivity index (χ2n) is 13.0. The standard InChI is InChI=1S/C43H70NO11P/c1-3-5-7-8-9-10-11-12-13-14-15-16-17-22-26-32-42(48)52-36-39(37-54-56(50,51)53-35-34-44)55-43(49)33-27-31-41(47)40(46)30-25-21-19-18-20-24-29-38(45)28-23-6-4-2/h6,9-10,12-13,15-16,18-21,23-25,29-30,38-41,45-47H,3-5,7-8,11,14,17,22,26-28,31-37,44H2,1-2H3,(H,50,51)/b10-9-,13-12-,16-15-,20-18+,21-19-,23-6-,29-24+,30-25-/t38-,39+,40+,41+/m0/s1. The van der Waals surface area contributed by atoms with Gasteiger partial charge in [-0.15, -0.1) is 0 Å². The van der Waals surface area contributed by atoms with Crippen LogP contribution < -0.4 is 5.73 Å². The molecule has 5 atom stereocenters. The highest BCUT2D eigenvalue weighted by Crippen LogP contribution is 2.43. The molecule has 12 nitrogen and oxygen atoms in total. The average Bonchev–Trinajstić information content (AvgIpc) is 3.17. The van der Waals surface area contributed by atoms with Gasteiger partial charge in [0.2, 0.25) is 0 Å². The molecule has 0 aromatic rings. The van der Waals surface area contributed by atoms with E-state index in [1.54, 1.807) is 42.5 Å². The van der Waals surface area contributed by atoms with Crippen LogP contribution in [0.4, 0.5) is 0 Å². The fourth-order valence-electron chi connectivity index (χ4n) is 4.69. The Balaban J connectivity index is 4.65. The number of carbonyl (C=O) groups excluding carboxylic acids is 2. The number of ether oxygens (including phenoxy) is 2. The fourth-order valence-corrected chi connectivity index (χ4v) is 5.45. The molecule has 0 saturated heterocycles. The van der Waals surface area contributed by atoms with E-state index in [0.29, 0.717) is 12.8 Å². The molecule has 0 fully saturated rings. The van der Waals surface area contributed by atoms with Crippen LogP contribution in [0.15, 0.2) is 97.2 Å². The van der Waals surface area contributed by atoms with Crippen molar-refractivity contribution in [1.82, 2.24) is 0 Å². The number of rotatable bonds is 35. The van der Waals surface area contributed by atoms with Gasteiger partial charge in [0.1, 0.15) is 6.61 Å². The van der Waals surface area contributed by atoms with E-state index in [9.17, 15) is 34.4 Å². The van der Waals surface area contributed by atoms with Crippen LogP contribution in [0.5, 0.6) is 0 Å². The van der Waals surface area contributed by atoms with Crippen molar-refractivity contribution in [2.24, 2.45) is 5.73 Å². The number of nitrogens with two attached hydrogens (primary N) is 1. The van der Waals surface area contributed by atoms with Crippen molar-refractivity contribution in [3.05, 3.63) is 97.2 Å². The number of phosphoric acid groups is 1. The van der Waals surface area contributed by atoms with Gasteiger partial charge in [0.15, 0.2) is 6.10 Å². The van der Waals surface area contributed by atoms with Crippen molar-refractivity contribution in [3.63, 3.8) is 0 Å². The lowest BCUT2D eigenvalue weighted by molar-refractivity contribution is -0.161. The zero-order chi connectivity index (χ0) is 41.5. The molecule has 13 heteroatoms. The molecule has 0 amide bonds. The number of esters is 2. The van der Waals surface area contributed by atoms with Crippen LogP contribution in [0.1, 0.15) is 110 Å². The van der Waals surface area contributed by atoms with Crippen LogP contribution in [0, 0.1) is 0 Å². The zero-order valence-corrected chi connectivity index (χ0v) is 34.5. The van der Waals surface area contributed by atoms with Gasteiger partial charge in [-0.3, -0.25) is 18.6 Å². The van der Waals surface area contributed by atoms with Crippen molar-refractivity contribution in [2.75, 3.05) is 26.4 Å². The molecule has 0 spiro atoms. The minimum absolute atomic E-state index is 0.0135. The highest BCUT2D eigenvalue weighted by atomic mass is 31.2. The smallest absolute Gasteiger partial charge is 0.462 e. The predicted octanol–water partition coefficient (Wildman–Crippen LogP) is 7.96. The summed E-state index contributed by atoms with van der Waals surface area (Å²) in [6, 6.07) is 0. The maximum atomic E-state index is 12.6. The molecule has 0 aliphatic heterocycles. The lowest BCUT2D eigenvalue weighted by atomic mass is 10.1. The fraction of sp³-hybridized carbons (Fsp3) is 0.581. The van der Waals surface area contributed by atoms with Crippen LogP contribution in [0.2, 0.25) is 0 Å². The molecular weight excluding hydrogens is 737 g/mol. The summed E-state index contributed by atoms with van der Waals surface area (Å²) in [5.74, 6) is -1.22. The number of unbranched alkanes of at least 4 members (excludes halogenated alkanes) is 5. The van der Waals surface area contributed by atoms with Crippen molar-refractivity contribution >= 4 is 19.8 Å². The minimum atomic E-state index is -4.49. The van der Waals surface area contributed by atoms with Crippen LogP contribution >= 0.6 is 7.82 Å². The molecule has 0 bridgehead atoms. The number of carbonyl (C=O) groups is 2. The summed E-state index contributed by atoms with van der Waals surface area (Å²) in [6.07, 6.45) is 36.8. The number of allylic oxidation sites excluding steroid dienone is 13. The third kappa shape index (κ3) is 35.2. The third-order valence-electron chi connectivity index (χ3n) is 7.80. The number of aliphatic hydroxyl groups excluding tert-OH is 3. The molecule has 318 valence electrons. The van der Waals surface area contributed by atoms with E-state index in [2.05, 4.69) is 43.4 Å². The Morgan fingerprint density at radius 1 is 0.696 bits per heavy atom. The summed E-state index contributed by atoms with van der Waals surface area (Å²) < 4.78 is 32.4. The van der Waals surface area contributed by atoms with Crippen LogP contribution in [-0.2, 0) is 32.7 Å². The number of phosphoric ester groups is 1. The molecule has 0 aliphatic carbocycles. The zero-order valence-electron chi connectivity index (χ0n) is 33.7. The Labute approximate surface area is 335 Å². The van der Waals surface area contributed by atoms with E-state index in [1.165, 1.54) is 25.3 Å². The summed E-state index contributed by atoms with van der Waals surface area (Å²) in [7, 11) is -4.49. The topological polar surface area (TPSA) is 195 Å². The van der Waals surface area contributed by atoms with Crippen molar-refractivity contribution < 1.29 is 52.9 Å². The van der Waals surface area contributed by atoms with Gasteiger partial charge < -0.3 is 35.4 Å². The monoisotopic (exact) mass is 807 g/mol. The normalized spacial score (nSPS) is 16.1. The lowest BCUT2D eigenvalue weighted by Gasteiger charge is -2.20. The quantitative estimate of drug-likeness (QED) is 0.0137. The van der Waals surface area contributed by atoms with Gasteiger partial charge in [0.05, 0.1) is 31.5 Å². The van der Waals surface area contributed by atoms with Crippen molar-refractivity contribution in [3.8, 4) is 0 Å². The van der Waals surface area contributed by atoms with Gasteiger partial charge >= 0.3 is 19.8 Å². The van der Waals surface area contributed by atoms with Gasteiger partial charge in [-0.2, -0.15) is 0 Å². The van der Waals surface area contributed by atoms with E-state index in [-0.39, 0.29) is 38.8 Å². The molecule has 0 rings (SSSR count). The summed E-state index contributed by atoms with van der Waals surface area (Å²) in [6.45, 7) is 3.02. The average molecular weight is 808 g/mol. The number of hydrogen-bond donors (Lipinski definition) is 5. The summed E-state index contributed by atoms with van der Waals surface area (Å²) in [5, 5.41) is 30.4. The molecule has 0 saturated carbocycles. The van der Waals surface area contributed by atoms with Gasteiger partial charge in [0, 0.05) is 19.4 Å². The van der Waals surface area contributed by atoms with E-state index in [1.807, 2.05) is 19.1 Å². The molecule has 0 aromatic heterocycles. The number of aliphatic hydroxyl groups is 3. The first kappa shape index (κ1) is 52.8. The van der Waals surface area contributed by atoms with Gasteiger partial charge in [-0.25, -0.2) is 4.57 Å². The molecule has 56 heavy (non-hydrogen) atoms. The Bertz CT molecular complexity index is 1290. The Morgan fingerprint density at radius 2 is 1.30 bits per heavy atom. The molecule has 0 heterocycles. The second kappa shape index (κ2) is 37.4. The van der Waals surface area contributed by atoms with E-state index in [4.69, 9.17) is 24.3 Å². The maximum Gasteiger partial charge on any atom is 0.472 e. The molecule has 6 N–H and O–H groups in total. The maximum absolute atomic E-state index is 12.6. The molecule has 0 aliphatic rings. The third-order valence-corrected chi connectivity index (χ3v) is 8.78. The van der Waals surface area contributed by atoms with Gasteiger partial charge in [0.25, 0.3) is 0 Å². The molecule has 0 aromatic carbocycles. The van der Waals surface area contributed by atoms with Crippen LogP contribution in [0.3, 0.4) is 0 Å².